The van der Waals surface area contributed by atoms with Crippen molar-refractivity contribution < 1.29 is 39.8 Å². The maximum Gasteiger partial charge on any atom is 0.220 e. The number of carbonyl (C=O) groups excluding carboxylic acids is 1. The van der Waals surface area contributed by atoms with Crippen LogP contribution in [0.4, 0.5) is 0 Å². The van der Waals surface area contributed by atoms with Crippen LogP contribution < -0.4 is 5.32 Å². The van der Waals surface area contributed by atoms with Gasteiger partial charge in [-0.15, -0.1) is 0 Å². The zero-order chi connectivity index (χ0) is 55.0. The average Bonchev–Trinajstić information content (AvgIpc) is 3.42. The van der Waals surface area contributed by atoms with Crippen LogP contribution in [-0.2, 0) is 14.3 Å². The van der Waals surface area contributed by atoms with Gasteiger partial charge in [0.1, 0.15) is 24.4 Å². The van der Waals surface area contributed by atoms with E-state index in [4.69, 9.17) is 9.47 Å². The molecule has 0 saturated carbocycles. The third-order valence-corrected chi connectivity index (χ3v) is 15.9. The minimum Gasteiger partial charge on any atom is -0.394 e. The summed E-state index contributed by atoms with van der Waals surface area (Å²) in [5.74, 6) is -0.187. The lowest BCUT2D eigenvalue weighted by Crippen LogP contribution is -2.60. The van der Waals surface area contributed by atoms with Crippen LogP contribution in [0.5, 0.6) is 0 Å². The number of rotatable bonds is 58. The zero-order valence-electron chi connectivity index (χ0n) is 50.0. The smallest absolute Gasteiger partial charge is 0.220 e. The van der Waals surface area contributed by atoms with Crippen LogP contribution in [0.3, 0.4) is 0 Å². The van der Waals surface area contributed by atoms with Gasteiger partial charge in [-0.1, -0.05) is 320 Å². The predicted molar refractivity (Wildman–Crippen MR) is 323 cm³/mol. The van der Waals surface area contributed by atoms with Crippen LogP contribution in [0.15, 0.2) is 36.5 Å². The van der Waals surface area contributed by atoms with Gasteiger partial charge in [-0.05, 0) is 38.5 Å². The standard InChI is InChI=1S/C67H127NO8/c1-3-5-7-9-11-13-15-17-18-19-20-21-22-23-24-25-26-27-28-29-30-31-32-33-34-35-36-37-38-39-40-41-42-43-44-45-47-49-51-53-55-57-63(71)68-60(59-75-67-66(74)65(73)64(72)62(58-69)76-67)61(70)56-54-52-50-48-46-16-14-12-10-8-6-4-2/h10,12,46,48,54,56,60-62,64-67,69-70,72-74H,3-9,11,13-45,47,49-53,55,57-59H2,1-2H3,(H,68,71)/b12-10+,48-46+,56-54+. The Labute approximate surface area is 470 Å². The molecule has 9 nitrogen and oxygen atoms in total. The Kier molecular flexibility index (Phi) is 54.0. The quantitative estimate of drug-likeness (QED) is 0.0261. The van der Waals surface area contributed by atoms with Crippen molar-refractivity contribution in [1.29, 1.82) is 0 Å². The molecule has 0 aromatic carbocycles. The Morgan fingerprint density at radius 1 is 0.434 bits per heavy atom. The van der Waals surface area contributed by atoms with Gasteiger partial charge in [0.05, 0.1) is 25.4 Å². The van der Waals surface area contributed by atoms with Gasteiger partial charge in [0.2, 0.25) is 5.91 Å². The molecule has 0 aromatic rings. The summed E-state index contributed by atoms with van der Waals surface area (Å²) in [4.78, 5) is 13.0. The molecule has 9 heteroatoms. The topological polar surface area (TPSA) is 149 Å². The van der Waals surface area contributed by atoms with E-state index in [0.717, 1.165) is 51.4 Å². The third-order valence-electron chi connectivity index (χ3n) is 15.9. The van der Waals surface area contributed by atoms with E-state index in [2.05, 4.69) is 43.5 Å². The van der Waals surface area contributed by atoms with Crippen molar-refractivity contribution in [1.82, 2.24) is 5.32 Å². The molecule has 7 atom stereocenters. The second kappa shape index (κ2) is 56.7. The third kappa shape index (κ3) is 45.2. The highest BCUT2D eigenvalue weighted by Gasteiger charge is 2.44. The first-order valence-corrected chi connectivity index (χ1v) is 33.2. The molecule has 1 aliphatic heterocycles. The van der Waals surface area contributed by atoms with Crippen LogP contribution in [0.1, 0.15) is 328 Å². The zero-order valence-corrected chi connectivity index (χ0v) is 50.0. The summed E-state index contributed by atoms with van der Waals surface area (Å²) in [6.45, 7) is 3.73. The van der Waals surface area contributed by atoms with E-state index in [1.807, 2.05) is 6.08 Å². The van der Waals surface area contributed by atoms with Gasteiger partial charge in [0, 0.05) is 6.42 Å². The molecule has 0 aliphatic carbocycles. The van der Waals surface area contributed by atoms with Crippen molar-refractivity contribution in [2.75, 3.05) is 13.2 Å². The highest BCUT2D eigenvalue weighted by molar-refractivity contribution is 5.76. The van der Waals surface area contributed by atoms with Crippen LogP contribution in [0.2, 0.25) is 0 Å². The summed E-state index contributed by atoms with van der Waals surface area (Å²) < 4.78 is 11.2. The van der Waals surface area contributed by atoms with Crippen LogP contribution in [0.25, 0.3) is 0 Å². The lowest BCUT2D eigenvalue weighted by atomic mass is 9.99. The van der Waals surface area contributed by atoms with Gasteiger partial charge in [0.25, 0.3) is 0 Å². The second-order valence-corrected chi connectivity index (χ2v) is 23.3. The molecule has 0 aromatic heterocycles. The molecule has 1 saturated heterocycles. The van der Waals surface area contributed by atoms with E-state index in [1.165, 1.54) is 257 Å². The number of carbonyl (C=O) groups is 1. The van der Waals surface area contributed by atoms with Crippen molar-refractivity contribution in [2.24, 2.45) is 0 Å². The van der Waals surface area contributed by atoms with Crippen LogP contribution in [-0.4, -0.2) is 87.5 Å². The number of hydrogen-bond donors (Lipinski definition) is 6. The largest absolute Gasteiger partial charge is 0.394 e. The molecule has 6 N–H and O–H groups in total. The molecule has 1 aliphatic rings. The number of ether oxygens (including phenoxy) is 2. The summed E-state index contributed by atoms with van der Waals surface area (Å²) >= 11 is 0. The fourth-order valence-corrected chi connectivity index (χ4v) is 10.7. The van der Waals surface area contributed by atoms with E-state index in [-0.39, 0.29) is 12.5 Å². The number of aliphatic hydroxyl groups is 5. The van der Waals surface area contributed by atoms with Gasteiger partial charge in [-0.2, -0.15) is 0 Å². The van der Waals surface area contributed by atoms with Crippen molar-refractivity contribution in [3.05, 3.63) is 36.5 Å². The molecule has 1 rings (SSSR count). The van der Waals surface area contributed by atoms with Crippen molar-refractivity contribution >= 4 is 5.91 Å². The van der Waals surface area contributed by atoms with E-state index in [0.29, 0.717) is 6.42 Å². The normalized spacial score (nSPS) is 19.0. The van der Waals surface area contributed by atoms with E-state index in [9.17, 15) is 30.3 Å². The average molecular weight is 1070 g/mol. The van der Waals surface area contributed by atoms with Crippen LogP contribution >= 0.6 is 0 Å². The molecular formula is C67H127NO8. The Hall–Kier alpha value is -1.59. The lowest BCUT2D eigenvalue weighted by molar-refractivity contribution is -0.302. The summed E-state index contributed by atoms with van der Waals surface area (Å²) in [6.07, 6.45) is 68.6. The van der Waals surface area contributed by atoms with Crippen molar-refractivity contribution in [2.45, 2.75) is 371 Å². The first-order valence-electron chi connectivity index (χ1n) is 33.2. The number of hydrogen-bond acceptors (Lipinski definition) is 8. The minimum atomic E-state index is -1.57. The van der Waals surface area contributed by atoms with Crippen LogP contribution in [0, 0.1) is 0 Å². The van der Waals surface area contributed by atoms with E-state index in [1.54, 1.807) is 6.08 Å². The van der Waals surface area contributed by atoms with Crippen molar-refractivity contribution in [3.8, 4) is 0 Å². The van der Waals surface area contributed by atoms with Gasteiger partial charge < -0.3 is 40.3 Å². The number of unbranched alkanes of at least 4 members (excludes halogenated alkanes) is 44. The Balaban J connectivity index is 1.98. The highest BCUT2D eigenvalue weighted by Crippen LogP contribution is 2.23. The van der Waals surface area contributed by atoms with Gasteiger partial charge in [-0.3, -0.25) is 4.79 Å². The Bertz CT molecular complexity index is 1290. The summed E-state index contributed by atoms with van der Waals surface area (Å²) in [5.41, 5.74) is 0. The molecule has 1 heterocycles. The van der Waals surface area contributed by atoms with Gasteiger partial charge in [-0.25, -0.2) is 0 Å². The minimum absolute atomic E-state index is 0.187. The van der Waals surface area contributed by atoms with Crippen molar-refractivity contribution in [3.63, 3.8) is 0 Å². The summed E-state index contributed by atoms with van der Waals surface area (Å²) in [6, 6.07) is -0.825. The monoisotopic (exact) mass is 1070 g/mol. The maximum atomic E-state index is 13.0. The molecule has 1 amide bonds. The number of allylic oxidation sites excluding steroid dienone is 5. The van der Waals surface area contributed by atoms with Gasteiger partial charge in [0.15, 0.2) is 6.29 Å². The number of aliphatic hydroxyl groups excluding tert-OH is 5. The highest BCUT2D eigenvalue weighted by atomic mass is 16.7. The number of nitrogens with one attached hydrogen (secondary N) is 1. The summed E-state index contributed by atoms with van der Waals surface area (Å²) in [5, 5.41) is 54.4. The van der Waals surface area contributed by atoms with E-state index < -0.39 is 49.5 Å². The molecule has 448 valence electrons. The maximum absolute atomic E-state index is 13.0. The molecule has 1 fully saturated rings. The number of amides is 1. The first kappa shape index (κ1) is 72.4. The Morgan fingerprint density at radius 2 is 0.750 bits per heavy atom. The predicted octanol–water partition coefficient (Wildman–Crippen LogP) is 17.5. The fourth-order valence-electron chi connectivity index (χ4n) is 10.7. The Morgan fingerprint density at radius 3 is 1.09 bits per heavy atom. The second-order valence-electron chi connectivity index (χ2n) is 23.3. The molecule has 7 unspecified atom stereocenters. The lowest BCUT2D eigenvalue weighted by Gasteiger charge is -2.40. The molecule has 0 spiro atoms. The SMILES string of the molecule is CCCC/C=C/CC/C=C/CC/C=C/C(O)C(COC1OC(CO)C(O)C(O)C1O)NC(=O)CCCCCCCCCCCCCCCCCCCCCCCCCCCCCCCCCCCCCCCCCCC. The summed E-state index contributed by atoms with van der Waals surface area (Å²) in [7, 11) is 0. The fraction of sp³-hybridized carbons (Fsp3) is 0.896. The molecular weight excluding hydrogens is 947 g/mol. The molecule has 76 heavy (non-hydrogen) atoms. The van der Waals surface area contributed by atoms with Gasteiger partial charge >= 0.3 is 0 Å². The first-order chi connectivity index (χ1) is 37.3. The van der Waals surface area contributed by atoms with E-state index >= 15 is 0 Å². The molecule has 0 radical (unpaired) electrons. The molecule has 0 bridgehead atoms.